The summed E-state index contributed by atoms with van der Waals surface area (Å²) in [4.78, 5) is 16.8. The van der Waals surface area contributed by atoms with Gasteiger partial charge in [0.1, 0.15) is 0 Å². The zero-order valence-electron chi connectivity index (χ0n) is 17.5. The maximum Gasteiger partial charge on any atom is 0.389 e. The van der Waals surface area contributed by atoms with E-state index < -0.39 is 12.3 Å². The smallest absolute Gasteiger partial charge is 0.389 e. The molecule has 3 aliphatic rings. The first-order chi connectivity index (χ1) is 13.7. The highest BCUT2D eigenvalue weighted by Gasteiger charge is 2.32. The number of hydrogen-bond acceptors (Lipinski definition) is 7. The third-order valence-corrected chi connectivity index (χ3v) is 5.92. The minimum atomic E-state index is -0.989. The fourth-order valence-electron chi connectivity index (χ4n) is 4.21. The lowest BCUT2D eigenvalue weighted by molar-refractivity contribution is -0.161. The molecule has 0 radical (unpaired) electrons. The minimum Gasteiger partial charge on any atom is -0.460 e. The molecule has 3 heterocycles. The fourth-order valence-corrected chi connectivity index (χ4v) is 4.21. The van der Waals surface area contributed by atoms with Crippen molar-refractivity contribution < 1.29 is 19.0 Å². The average molecular weight is 462 g/mol. The van der Waals surface area contributed by atoms with Crippen LogP contribution in [-0.2, 0) is 9.53 Å². The normalized spacial score (nSPS) is 21.5. The van der Waals surface area contributed by atoms with Crippen LogP contribution in [0.5, 0.6) is 11.5 Å². The summed E-state index contributed by atoms with van der Waals surface area (Å²) in [5.41, 5.74) is 1.12. The zero-order chi connectivity index (χ0) is 19.3. The van der Waals surface area contributed by atoms with E-state index in [9.17, 15) is 4.79 Å². The van der Waals surface area contributed by atoms with Crippen LogP contribution in [0.1, 0.15) is 26.2 Å². The second-order valence-corrected chi connectivity index (χ2v) is 7.76. The minimum absolute atomic E-state index is 0. The van der Waals surface area contributed by atoms with Crippen molar-refractivity contribution in [1.82, 2.24) is 10.2 Å². The van der Waals surface area contributed by atoms with E-state index in [2.05, 4.69) is 15.1 Å². The van der Waals surface area contributed by atoms with E-state index in [-0.39, 0.29) is 24.8 Å². The molecule has 1 aromatic rings. The third kappa shape index (κ3) is 6.06. The number of nitrogens with one attached hydrogen (secondary N) is 1. The molecule has 4 rings (SSSR count). The predicted molar refractivity (Wildman–Crippen MR) is 121 cm³/mol. The average Bonchev–Trinajstić information content (AvgIpc) is 3.17. The number of nitrogens with zero attached hydrogens (tertiary/aromatic N) is 2. The third-order valence-electron chi connectivity index (χ3n) is 5.92. The van der Waals surface area contributed by atoms with Crippen LogP contribution in [0.2, 0.25) is 0 Å². The number of halogens is 2. The van der Waals surface area contributed by atoms with Gasteiger partial charge in [-0.1, -0.05) is 0 Å². The highest BCUT2D eigenvalue weighted by Crippen LogP contribution is 2.38. The molecule has 30 heavy (non-hydrogen) atoms. The first-order valence-corrected chi connectivity index (χ1v) is 10.5. The number of ether oxygens (including phenoxy) is 3. The number of rotatable bonds is 6. The van der Waals surface area contributed by atoms with Crippen LogP contribution >= 0.6 is 24.8 Å². The number of piperidine rings is 1. The lowest BCUT2D eigenvalue weighted by Crippen LogP contribution is -2.47. The summed E-state index contributed by atoms with van der Waals surface area (Å²) in [5, 5.41) is 3.44. The first-order valence-electron chi connectivity index (χ1n) is 10.5. The van der Waals surface area contributed by atoms with Gasteiger partial charge in [0.25, 0.3) is 0 Å². The van der Waals surface area contributed by atoms with Crippen LogP contribution < -0.4 is 19.7 Å². The van der Waals surface area contributed by atoms with Gasteiger partial charge in [-0.3, -0.25) is 4.90 Å². The quantitative estimate of drug-likeness (QED) is 0.653. The maximum atomic E-state index is 11.8. The second-order valence-electron chi connectivity index (χ2n) is 7.76. The zero-order valence-corrected chi connectivity index (χ0v) is 19.1. The Balaban J connectivity index is 0.00000160. The molecule has 0 spiro atoms. The molecule has 2 saturated heterocycles. The lowest BCUT2D eigenvalue weighted by atomic mass is 9.94. The van der Waals surface area contributed by atoms with Crippen LogP contribution in [-0.4, -0.2) is 69.6 Å². The Kier molecular flexibility index (Phi) is 9.81. The van der Waals surface area contributed by atoms with Crippen LogP contribution in [0.3, 0.4) is 0 Å². The van der Waals surface area contributed by atoms with Gasteiger partial charge in [-0.05, 0) is 63.9 Å². The molecular weight excluding hydrogens is 429 g/mol. The van der Waals surface area contributed by atoms with Gasteiger partial charge < -0.3 is 24.4 Å². The summed E-state index contributed by atoms with van der Waals surface area (Å²) >= 11 is 0. The fraction of sp³-hybridized carbons (Fsp3) is 0.667. The number of carbonyl (C=O) groups is 1. The van der Waals surface area contributed by atoms with Crippen molar-refractivity contribution in [3.05, 3.63) is 18.2 Å². The SMILES string of the molecule is CCOC(=O)C1Oc2ccc(N3CCN(CCC4CCNCC4)CC3)cc2O1.Cl.Cl. The van der Waals surface area contributed by atoms with E-state index in [1.807, 2.05) is 18.2 Å². The summed E-state index contributed by atoms with van der Waals surface area (Å²) < 4.78 is 16.2. The number of anilines is 1. The van der Waals surface area contributed by atoms with Crippen molar-refractivity contribution in [2.75, 3.05) is 57.3 Å². The molecule has 170 valence electrons. The van der Waals surface area contributed by atoms with Crippen molar-refractivity contribution in [2.24, 2.45) is 5.92 Å². The lowest BCUT2D eigenvalue weighted by Gasteiger charge is -2.37. The predicted octanol–water partition coefficient (Wildman–Crippen LogP) is 2.70. The Morgan fingerprint density at radius 3 is 2.50 bits per heavy atom. The van der Waals surface area contributed by atoms with Crippen molar-refractivity contribution in [3.8, 4) is 11.5 Å². The monoisotopic (exact) mass is 461 g/mol. The molecule has 3 aliphatic heterocycles. The van der Waals surface area contributed by atoms with Gasteiger partial charge in [-0.15, -0.1) is 24.8 Å². The summed E-state index contributed by atoms with van der Waals surface area (Å²) in [6.45, 7) is 9.84. The molecule has 1 unspecified atom stereocenters. The highest BCUT2D eigenvalue weighted by molar-refractivity contribution is 5.85. The number of piperazine rings is 1. The van der Waals surface area contributed by atoms with Crippen molar-refractivity contribution in [1.29, 1.82) is 0 Å². The van der Waals surface area contributed by atoms with E-state index in [0.29, 0.717) is 18.1 Å². The molecule has 1 N–H and O–H groups in total. The molecule has 1 atom stereocenters. The topological polar surface area (TPSA) is 63.3 Å². The van der Waals surface area contributed by atoms with Gasteiger partial charge in [-0.25, -0.2) is 4.79 Å². The number of hydrogen-bond donors (Lipinski definition) is 1. The van der Waals surface area contributed by atoms with Crippen molar-refractivity contribution in [2.45, 2.75) is 32.5 Å². The molecule has 0 saturated carbocycles. The Bertz CT molecular complexity index is 680. The molecule has 2 fully saturated rings. The number of fused-ring (bicyclic) bond motifs is 1. The molecule has 0 bridgehead atoms. The molecule has 9 heteroatoms. The summed E-state index contributed by atoms with van der Waals surface area (Å²) in [7, 11) is 0. The van der Waals surface area contributed by atoms with Gasteiger partial charge in [0.05, 0.1) is 6.61 Å². The van der Waals surface area contributed by atoms with E-state index in [0.717, 1.165) is 37.8 Å². The van der Waals surface area contributed by atoms with E-state index >= 15 is 0 Å². The Hall–Kier alpha value is -1.41. The van der Waals surface area contributed by atoms with Crippen molar-refractivity contribution >= 4 is 36.5 Å². The summed E-state index contributed by atoms with van der Waals surface area (Å²) in [6, 6.07) is 5.90. The van der Waals surface area contributed by atoms with Crippen LogP contribution in [0.4, 0.5) is 5.69 Å². The second kappa shape index (κ2) is 11.8. The highest BCUT2D eigenvalue weighted by atomic mass is 35.5. The molecule has 0 aliphatic carbocycles. The largest absolute Gasteiger partial charge is 0.460 e. The molecule has 0 aromatic heterocycles. The Labute approximate surface area is 191 Å². The first kappa shape index (κ1) is 24.9. The van der Waals surface area contributed by atoms with Crippen LogP contribution in [0.25, 0.3) is 0 Å². The standard InChI is InChI=1S/C21H31N3O4.2ClH/c1-2-26-20(25)21-27-18-4-3-17(15-19(18)28-21)24-13-11-23(12-14-24)10-7-16-5-8-22-9-6-16;;/h3-4,15-16,21-22H,2,5-14H2,1H3;2*1H. The van der Waals surface area contributed by atoms with Gasteiger partial charge >= 0.3 is 12.3 Å². The molecule has 7 nitrogen and oxygen atoms in total. The number of carbonyl (C=O) groups excluding carboxylic acids is 1. The van der Waals surface area contributed by atoms with Crippen molar-refractivity contribution in [3.63, 3.8) is 0 Å². The van der Waals surface area contributed by atoms with Gasteiger partial charge in [-0.2, -0.15) is 0 Å². The van der Waals surface area contributed by atoms with E-state index in [1.165, 1.54) is 38.9 Å². The molecular formula is C21H33Cl2N3O4. The summed E-state index contributed by atoms with van der Waals surface area (Å²) in [5.74, 6) is 1.62. The van der Waals surface area contributed by atoms with E-state index in [1.54, 1.807) is 6.92 Å². The van der Waals surface area contributed by atoms with Crippen LogP contribution in [0.15, 0.2) is 18.2 Å². The number of esters is 1. The van der Waals surface area contributed by atoms with Gasteiger partial charge in [0, 0.05) is 37.9 Å². The molecule has 1 aromatic carbocycles. The molecule has 0 amide bonds. The maximum absolute atomic E-state index is 11.8. The number of benzene rings is 1. The van der Waals surface area contributed by atoms with Crippen LogP contribution in [0, 0.1) is 5.92 Å². The van der Waals surface area contributed by atoms with E-state index in [4.69, 9.17) is 14.2 Å². The van der Waals surface area contributed by atoms with Gasteiger partial charge in [0.2, 0.25) is 0 Å². The summed E-state index contributed by atoms with van der Waals surface area (Å²) in [6.07, 6.45) is 2.98. The Morgan fingerprint density at radius 1 is 1.10 bits per heavy atom. The van der Waals surface area contributed by atoms with Gasteiger partial charge in [0.15, 0.2) is 11.5 Å². The Morgan fingerprint density at radius 2 is 1.80 bits per heavy atom.